The fraction of sp³-hybridized carbons (Fsp3) is 0.143. The highest BCUT2D eigenvalue weighted by Crippen LogP contribution is 2.30. The van der Waals surface area contributed by atoms with Gasteiger partial charge >= 0.3 is 0 Å². The summed E-state index contributed by atoms with van der Waals surface area (Å²) in [5.74, 6) is 0. The molecule has 0 radical (unpaired) electrons. The van der Waals surface area contributed by atoms with Gasteiger partial charge in [-0.1, -0.05) is 42.4 Å². The number of aromatic nitrogens is 2. The van der Waals surface area contributed by atoms with E-state index in [-0.39, 0.29) is 0 Å². The van der Waals surface area contributed by atoms with E-state index >= 15 is 0 Å². The fourth-order valence-electron chi connectivity index (χ4n) is 3.09. The number of aryl methyl sites for hydroxylation is 1. The second-order valence-electron chi connectivity index (χ2n) is 6.20. The molecule has 0 aliphatic carbocycles. The molecule has 136 valence electrons. The van der Waals surface area contributed by atoms with Gasteiger partial charge < -0.3 is 0 Å². The van der Waals surface area contributed by atoms with E-state index in [0.29, 0.717) is 22.2 Å². The number of benzene rings is 1. The van der Waals surface area contributed by atoms with E-state index in [9.17, 15) is 0 Å². The molecular weight excluding hydrogens is 397 g/mol. The van der Waals surface area contributed by atoms with Crippen LogP contribution in [0.3, 0.4) is 0 Å². The lowest BCUT2D eigenvalue weighted by Gasteiger charge is -2.06. The summed E-state index contributed by atoms with van der Waals surface area (Å²) in [7, 11) is 0. The molecule has 6 heteroatoms. The molecule has 0 fully saturated rings. The Morgan fingerprint density at radius 3 is 2.78 bits per heavy atom. The zero-order chi connectivity index (χ0) is 19.7. The van der Waals surface area contributed by atoms with Crippen molar-refractivity contribution in [2.45, 2.75) is 20.4 Å². The number of thiophene rings is 1. The molecule has 1 aromatic carbocycles. The largest absolute Gasteiger partial charge is 0.264 e. The number of hydrogen-bond acceptors (Lipinski definition) is 3. The molecular formula is C21H17Cl2N3S. The van der Waals surface area contributed by atoms with Crippen LogP contribution in [-0.2, 0) is 6.54 Å². The van der Waals surface area contributed by atoms with Crippen LogP contribution in [0.2, 0.25) is 5.02 Å². The van der Waals surface area contributed by atoms with Gasteiger partial charge in [0.1, 0.15) is 6.07 Å². The average molecular weight is 414 g/mol. The van der Waals surface area contributed by atoms with Crippen molar-refractivity contribution in [1.82, 2.24) is 9.78 Å². The lowest BCUT2D eigenvalue weighted by Crippen LogP contribution is -2.22. The van der Waals surface area contributed by atoms with E-state index in [1.165, 1.54) is 0 Å². The molecule has 0 bridgehead atoms. The van der Waals surface area contributed by atoms with Crippen LogP contribution in [-0.4, -0.2) is 9.78 Å². The standard InChI is InChI=1S/C21H17Cl2N3S/c1-12(22)7-19-15(4)27-11-18(19)10-26-14(3)21(13(2)25-26)16-5-6-17(9-24)20(23)8-16/h5-8,11H,1,4,10H2,2-3H3/b19-7+. The van der Waals surface area contributed by atoms with Crippen LogP contribution in [0.4, 0.5) is 0 Å². The Hall–Kier alpha value is -2.32. The average Bonchev–Trinajstić information content (AvgIpc) is 3.08. The number of nitrogens with zero attached hydrogens (tertiary/aromatic N) is 3. The second kappa shape index (κ2) is 7.74. The van der Waals surface area contributed by atoms with Gasteiger partial charge in [0.15, 0.2) is 0 Å². The molecule has 0 aliphatic heterocycles. The Balaban J connectivity index is 2.06. The first-order valence-corrected chi connectivity index (χ1v) is 9.81. The third-order valence-corrected chi connectivity index (χ3v) is 5.70. The van der Waals surface area contributed by atoms with Gasteiger partial charge in [-0.2, -0.15) is 10.4 Å². The molecule has 0 unspecified atom stereocenters. The maximum atomic E-state index is 9.07. The van der Waals surface area contributed by atoms with E-state index < -0.39 is 0 Å². The summed E-state index contributed by atoms with van der Waals surface area (Å²) in [6.45, 7) is 12.4. The van der Waals surface area contributed by atoms with Crippen LogP contribution in [0, 0.1) is 25.2 Å². The molecule has 3 aromatic rings. The van der Waals surface area contributed by atoms with Crippen LogP contribution in [0.25, 0.3) is 23.8 Å². The fourth-order valence-corrected chi connectivity index (χ4v) is 4.23. The molecule has 0 spiro atoms. The minimum atomic E-state index is 0.443. The van der Waals surface area contributed by atoms with Gasteiger partial charge in [-0.15, -0.1) is 11.3 Å². The molecule has 3 rings (SSSR count). The predicted molar refractivity (Wildman–Crippen MR) is 115 cm³/mol. The van der Waals surface area contributed by atoms with Gasteiger partial charge in [0.25, 0.3) is 0 Å². The van der Waals surface area contributed by atoms with Crippen LogP contribution in [0.1, 0.15) is 22.5 Å². The minimum Gasteiger partial charge on any atom is -0.264 e. The highest BCUT2D eigenvalue weighted by molar-refractivity contribution is 7.07. The molecule has 3 nitrogen and oxygen atoms in total. The first-order chi connectivity index (χ1) is 12.8. The number of nitriles is 1. The van der Waals surface area contributed by atoms with Crippen molar-refractivity contribution in [1.29, 1.82) is 5.26 Å². The summed E-state index contributed by atoms with van der Waals surface area (Å²) in [5, 5.41) is 17.8. The zero-order valence-electron chi connectivity index (χ0n) is 15.0. The molecule has 2 heterocycles. The quantitative estimate of drug-likeness (QED) is 0.619. The van der Waals surface area contributed by atoms with E-state index in [1.54, 1.807) is 17.4 Å². The SMILES string of the molecule is C=C(Cl)/C=c1/c(Cn2nc(C)c(-c3ccc(C#N)c(Cl)c3)c2C)csc1=C. The van der Waals surface area contributed by atoms with Gasteiger partial charge in [-0.05, 0) is 53.8 Å². The van der Waals surface area contributed by atoms with Crippen molar-refractivity contribution >= 4 is 47.2 Å². The first-order valence-electron chi connectivity index (χ1n) is 8.17. The van der Waals surface area contributed by atoms with Crippen LogP contribution < -0.4 is 9.75 Å². The number of hydrogen-bond donors (Lipinski definition) is 0. The summed E-state index contributed by atoms with van der Waals surface area (Å²) in [6.07, 6.45) is 1.84. The lowest BCUT2D eigenvalue weighted by atomic mass is 10.0. The monoisotopic (exact) mass is 413 g/mol. The van der Waals surface area contributed by atoms with E-state index in [0.717, 1.165) is 37.8 Å². The maximum Gasteiger partial charge on any atom is 0.101 e. The van der Waals surface area contributed by atoms with E-state index in [1.807, 2.05) is 36.7 Å². The molecule has 0 saturated carbocycles. The normalized spacial score (nSPS) is 11.6. The number of halogens is 2. The zero-order valence-corrected chi connectivity index (χ0v) is 17.3. The molecule has 27 heavy (non-hydrogen) atoms. The Labute approximate surface area is 172 Å². The maximum absolute atomic E-state index is 9.07. The number of rotatable bonds is 4. The molecule has 0 amide bonds. The Morgan fingerprint density at radius 1 is 1.41 bits per heavy atom. The molecule has 0 aliphatic rings. The third kappa shape index (κ3) is 3.86. The second-order valence-corrected chi connectivity index (χ2v) is 8.06. The minimum absolute atomic E-state index is 0.443. The van der Waals surface area contributed by atoms with Crippen molar-refractivity contribution in [2.24, 2.45) is 0 Å². The van der Waals surface area contributed by atoms with Gasteiger partial charge in [-0.3, -0.25) is 4.68 Å². The molecule has 0 saturated heterocycles. The van der Waals surface area contributed by atoms with Gasteiger partial charge in [0, 0.05) is 20.8 Å². The summed E-state index contributed by atoms with van der Waals surface area (Å²) in [6, 6.07) is 7.54. The third-order valence-electron chi connectivity index (χ3n) is 4.37. The van der Waals surface area contributed by atoms with Gasteiger partial charge in [-0.25, -0.2) is 0 Å². The topological polar surface area (TPSA) is 41.6 Å². The van der Waals surface area contributed by atoms with E-state index in [4.69, 9.17) is 33.6 Å². The van der Waals surface area contributed by atoms with Crippen molar-refractivity contribution in [2.75, 3.05) is 0 Å². The highest BCUT2D eigenvalue weighted by Gasteiger charge is 2.15. The van der Waals surface area contributed by atoms with Crippen molar-refractivity contribution in [3.8, 4) is 17.2 Å². The highest BCUT2D eigenvalue weighted by atomic mass is 35.5. The summed E-state index contributed by atoms with van der Waals surface area (Å²) < 4.78 is 2.92. The summed E-state index contributed by atoms with van der Waals surface area (Å²) >= 11 is 13.8. The predicted octanol–water partition coefficient (Wildman–Crippen LogP) is 4.75. The van der Waals surface area contributed by atoms with Crippen LogP contribution in [0.15, 0.2) is 35.2 Å². The Kier molecular flexibility index (Phi) is 5.57. The van der Waals surface area contributed by atoms with Crippen LogP contribution >= 0.6 is 34.5 Å². The Morgan fingerprint density at radius 2 is 2.15 bits per heavy atom. The van der Waals surface area contributed by atoms with E-state index in [2.05, 4.69) is 24.6 Å². The lowest BCUT2D eigenvalue weighted by molar-refractivity contribution is 0.658. The summed E-state index contributed by atoms with van der Waals surface area (Å²) in [5.41, 5.74) is 5.47. The number of allylic oxidation sites excluding steroid dienone is 1. The summed E-state index contributed by atoms with van der Waals surface area (Å²) in [4.78, 5) is 0. The molecule has 0 atom stereocenters. The van der Waals surface area contributed by atoms with Crippen molar-refractivity contribution in [3.63, 3.8) is 0 Å². The molecule has 0 N–H and O–H groups in total. The van der Waals surface area contributed by atoms with Crippen molar-refractivity contribution in [3.05, 3.63) is 72.5 Å². The molecule has 2 aromatic heterocycles. The van der Waals surface area contributed by atoms with Gasteiger partial charge in [0.05, 0.1) is 22.8 Å². The smallest absolute Gasteiger partial charge is 0.101 e. The van der Waals surface area contributed by atoms with Crippen LogP contribution in [0.5, 0.6) is 0 Å². The van der Waals surface area contributed by atoms with Gasteiger partial charge in [0.2, 0.25) is 0 Å². The Bertz CT molecular complexity index is 1200. The van der Waals surface area contributed by atoms with Crippen molar-refractivity contribution < 1.29 is 0 Å². The first kappa shape index (κ1) is 19.4.